The predicted molar refractivity (Wildman–Crippen MR) is 98.5 cm³/mol. The summed E-state index contributed by atoms with van der Waals surface area (Å²) in [6.07, 6.45) is 3.05. The lowest BCUT2D eigenvalue weighted by atomic mass is 9.89. The van der Waals surface area contributed by atoms with Crippen molar-refractivity contribution < 1.29 is 26.7 Å². The van der Waals surface area contributed by atoms with Crippen LogP contribution in [0.15, 0.2) is 28.0 Å². The van der Waals surface area contributed by atoms with Crippen molar-refractivity contribution in [3.63, 3.8) is 0 Å². The molecule has 26 heavy (non-hydrogen) atoms. The van der Waals surface area contributed by atoms with Crippen LogP contribution in [0.2, 0.25) is 0 Å². The van der Waals surface area contributed by atoms with E-state index in [0.717, 1.165) is 25.2 Å². The molecule has 1 aromatic carbocycles. The Labute approximate surface area is 154 Å². The summed E-state index contributed by atoms with van der Waals surface area (Å²) in [4.78, 5) is -0.225. The first-order valence-corrected chi connectivity index (χ1v) is 11.7. The smallest absolute Gasteiger partial charge is 0.242 e. The average Bonchev–Trinajstić information content (AvgIpc) is 2.54. The number of aliphatic hydroxyl groups excluding tert-OH is 1. The van der Waals surface area contributed by atoms with E-state index in [2.05, 4.69) is 10.0 Å². The number of benzene rings is 1. The molecule has 8 nitrogen and oxygen atoms in total. The number of methoxy groups -OCH3 is 1. The van der Waals surface area contributed by atoms with Gasteiger partial charge in [0.15, 0.2) is 9.84 Å². The minimum Gasteiger partial charge on any atom is -0.395 e. The van der Waals surface area contributed by atoms with Gasteiger partial charge in [0.2, 0.25) is 10.0 Å². The van der Waals surface area contributed by atoms with Crippen LogP contribution >= 0.6 is 0 Å². The second kappa shape index (κ2) is 8.22. The zero-order chi connectivity index (χ0) is 19.5. The quantitative estimate of drug-likeness (QED) is 0.552. The summed E-state index contributed by atoms with van der Waals surface area (Å²) in [5.74, 6) is 0. The molecule has 0 unspecified atom stereocenters. The molecule has 1 fully saturated rings. The summed E-state index contributed by atoms with van der Waals surface area (Å²) >= 11 is 0. The molecule has 0 heterocycles. The first-order chi connectivity index (χ1) is 12.1. The lowest BCUT2D eigenvalue weighted by Crippen LogP contribution is -2.41. The van der Waals surface area contributed by atoms with Crippen molar-refractivity contribution in [2.45, 2.75) is 54.2 Å². The van der Waals surface area contributed by atoms with Gasteiger partial charge in [0, 0.05) is 25.4 Å². The SMILES string of the molecule is CC[C@H](CO)NS(=O)(=O)c1cc(S(C)(=O)=O)ccc1NC1CC(OC)C1. The van der Waals surface area contributed by atoms with Gasteiger partial charge in [-0.25, -0.2) is 21.6 Å². The van der Waals surface area contributed by atoms with E-state index in [-0.39, 0.29) is 28.5 Å². The van der Waals surface area contributed by atoms with Gasteiger partial charge in [-0.1, -0.05) is 6.92 Å². The van der Waals surface area contributed by atoms with Crippen molar-refractivity contribution in [2.24, 2.45) is 0 Å². The molecule has 3 N–H and O–H groups in total. The number of sulfonamides is 1. The molecule has 10 heteroatoms. The van der Waals surface area contributed by atoms with Gasteiger partial charge in [-0.15, -0.1) is 0 Å². The summed E-state index contributed by atoms with van der Waals surface area (Å²) in [6, 6.07) is 3.41. The van der Waals surface area contributed by atoms with Crippen molar-refractivity contribution in [3.8, 4) is 0 Å². The van der Waals surface area contributed by atoms with Crippen LogP contribution in [-0.4, -0.2) is 60.1 Å². The van der Waals surface area contributed by atoms with Crippen LogP contribution in [-0.2, 0) is 24.6 Å². The van der Waals surface area contributed by atoms with Gasteiger partial charge < -0.3 is 15.2 Å². The molecule has 0 aliphatic heterocycles. The number of hydrogen-bond acceptors (Lipinski definition) is 7. The number of nitrogens with one attached hydrogen (secondary N) is 2. The molecule has 0 aromatic heterocycles. The summed E-state index contributed by atoms with van der Waals surface area (Å²) in [5.41, 5.74) is 0.331. The molecule has 0 amide bonds. The molecule has 0 bridgehead atoms. The van der Waals surface area contributed by atoms with Gasteiger partial charge in [-0.05, 0) is 37.5 Å². The lowest BCUT2D eigenvalue weighted by Gasteiger charge is -2.35. The third kappa shape index (κ3) is 4.95. The van der Waals surface area contributed by atoms with Crippen LogP contribution in [0.1, 0.15) is 26.2 Å². The largest absolute Gasteiger partial charge is 0.395 e. The number of anilines is 1. The molecule has 1 aromatic rings. The maximum absolute atomic E-state index is 12.8. The van der Waals surface area contributed by atoms with Crippen LogP contribution in [0.4, 0.5) is 5.69 Å². The van der Waals surface area contributed by atoms with Gasteiger partial charge in [0.1, 0.15) is 4.90 Å². The fourth-order valence-corrected chi connectivity index (χ4v) is 4.93. The van der Waals surface area contributed by atoms with E-state index in [1.165, 1.54) is 12.1 Å². The van der Waals surface area contributed by atoms with Crippen LogP contribution < -0.4 is 10.0 Å². The first kappa shape index (κ1) is 21.1. The maximum Gasteiger partial charge on any atom is 0.242 e. The third-order valence-electron chi connectivity index (χ3n) is 4.49. The van der Waals surface area contributed by atoms with E-state index < -0.39 is 25.9 Å². The van der Waals surface area contributed by atoms with Crippen LogP contribution in [0.25, 0.3) is 0 Å². The van der Waals surface area contributed by atoms with Crippen LogP contribution in [0.5, 0.6) is 0 Å². The van der Waals surface area contributed by atoms with Gasteiger partial charge in [-0.2, -0.15) is 0 Å². The lowest BCUT2D eigenvalue weighted by molar-refractivity contribution is 0.0328. The van der Waals surface area contributed by atoms with E-state index in [9.17, 15) is 21.9 Å². The number of aliphatic hydroxyl groups is 1. The highest BCUT2D eigenvalue weighted by Crippen LogP contribution is 2.31. The van der Waals surface area contributed by atoms with E-state index >= 15 is 0 Å². The maximum atomic E-state index is 12.8. The van der Waals surface area contributed by atoms with Crippen molar-refractivity contribution in [3.05, 3.63) is 18.2 Å². The van der Waals surface area contributed by atoms with Gasteiger partial charge in [0.25, 0.3) is 0 Å². The monoisotopic (exact) mass is 406 g/mol. The van der Waals surface area contributed by atoms with E-state index in [4.69, 9.17) is 4.74 Å². The molecule has 1 saturated carbocycles. The van der Waals surface area contributed by atoms with Gasteiger partial charge in [0.05, 0.1) is 23.3 Å². The summed E-state index contributed by atoms with van der Waals surface area (Å²) in [7, 11) is -5.95. The fourth-order valence-electron chi connectivity index (χ4n) is 2.70. The third-order valence-corrected chi connectivity index (χ3v) is 7.16. The Bertz CT molecular complexity index is 828. The highest BCUT2D eigenvalue weighted by atomic mass is 32.2. The molecular weight excluding hydrogens is 380 g/mol. The fraction of sp³-hybridized carbons (Fsp3) is 0.625. The predicted octanol–water partition coefficient (Wildman–Crippen LogP) is 0.729. The zero-order valence-corrected chi connectivity index (χ0v) is 16.7. The molecule has 0 spiro atoms. The summed E-state index contributed by atoms with van der Waals surface area (Å²) in [6.45, 7) is 1.40. The Kier molecular flexibility index (Phi) is 6.67. The van der Waals surface area contributed by atoms with Gasteiger partial charge >= 0.3 is 0 Å². The van der Waals surface area contributed by atoms with Crippen molar-refractivity contribution in [1.29, 1.82) is 0 Å². The van der Waals surface area contributed by atoms with Crippen LogP contribution in [0.3, 0.4) is 0 Å². The highest BCUT2D eigenvalue weighted by molar-refractivity contribution is 7.91. The second-order valence-corrected chi connectivity index (χ2v) is 10.2. The number of hydrogen-bond donors (Lipinski definition) is 3. The summed E-state index contributed by atoms with van der Waals surface area (Å²) in [5, 5.41) is 12.4. The van der Waals surface area contributed by atoms with Crippen molar-refractivity contribution in [2.75, 3.05) is 25.3 Å². The van der Waals surface area contributed by atoms with Crippen molar-refractivity contribution in [1.82, 2.24) is 4.72 Å². The normalized spacial score (nSPS) is 21.8. The molecule has 2 rings (SSSR count). The molecule has 1 atom stereocenters. The summed E-state index contributed by atoms with van der Waals surface area (Å²) < 4.78 is 56.9. The minimum atomic E-state index is -4.01. The standard InChI is InChI=1S/C16H26N2O6S2/c1-4-11(10-19)18-26(22,23)16-9-14(25(3,20)21)5-6-15(16)17-12-7-13(8-12)24-2/h5-6,9,11-13,17-19H,4,7-8,10H2,1-3H3/t11-,12?,13?/m1/s1. The topological polar surface area (TPSA) is 122 Å². The zero-order valence-electron chi connectivity index (χ0n) is 15.1. The Morgan fingerprint density at radius 3 is 2.42 bits per heavy atom. The van der Waals surface area contributed by atoms with Crippen LogP contribution in [0, 0.1) is 0 Å². The van der Waals surface area contributed by atoms with Gasteiger partial charge in [-0.3, -0.25) is 0 Å². The Balaban J connectivity index is 2.38. The molecule has 1 aliphatic carbocycles. The average molecular weight is 407 g/mol. The molecule has 148 valence electrons. The number of ether oxygens (including phenoxy) is 1. The molecule has 0 radical (unpaired) electrons. The number of sulfone groups is 1. The molecular formula is C16H26N2O6S2. The molecule has 1 aliphatic rings. The van der Waals surface area contributed by atoms with E-state index in [1.54, 1.807) is 14.0 Å². The second-order valence-electron chi connectivity index (χ2n) is 6.51. The Hall–Kier alpha value is -1.20. The highest BCUT2D eigenvalue weighted by Gasteiger charge is 2.31. The van der Waals surface area contributed by atoms with Crippen molar-refractivity contribution >= 4 is 25.5 Å². The Morgan fingerprint density at radius 2 is 1.92 bits per heavy atom. The molecule has 0 saturated heterocycles. The Morgan fingerprint density at radius 1 is 1.27 bits per heavy atom. The minimum absolute atomic E-state index is 0.0535. The first-order valence-electron chi connectivity index (χ1n) is 8.37. The van der Waals surface area contributed by atoms with E-state index in [1.807, 2.05) is 0 Å². The van der Waals surface area contributed by atoms with E-state index in [0.29, 0.717) is 12.1 Å². The number of rotatable bonds is 9.